The minimum Gasteiger partial charge on any atom is -0.398 e. The number of hydrogen-bond acceptors (Lipinski definition) is 3. The van der Waals surface area contributed by atoms with Crippen LogP contribution >= 0.6 is 11.6 Å². The zero-order valence-electron chi connectivity index (χ0n) is 9.94. The third kappa shape index (κ3) is 3.20. The Hall–Kier alpha value is -1.07. The van der Waals surface area contributed by atoms with E-state index in [9.17, 15) is 9.00 Å². The molecule has 0 aromatic heterocycles. The minimum absolute atomic E-state index is 0.197. The van der Waals surface area contributed by atoms with E-state index in [0.29, 0.717) is 15.6 Å². The fourth-order valence-electron chi connectivity index (χ4n) is 1.35. The Balaban J connectivity index is 3.01. The molecule has 0 saturated heterocycles. The molecule has 0 heterocycles. The summed E-state index contributed by atoms with van der Waals surface area (Å²) in [5.74, 6) is -0.197. The van der Waals surface area contributed by atoms with E-state index in [1.807, 2.05) is 0 Å². The molecule has 94 valence electrons. The second-order valence-electron chi connectivity index (χ2n) is 3.85. The lowest BCUT2D eigenvalue weighted by molar-refractivity contribution is -0.127. The predicted molar refractivity (Wildman–Crippen MR) is 70.4 cm³/mol. The van der Waals surface area contributed by atoms with Crippen LogP contribution in [0.2, 0.25) is 5.02 Å². The molecule has 0 fully saturated rings. The molecule has 0 radical (unpaired) electrons. The maximum atomic E-state index is 12.2. The van der Waals surface area contributed by atoms with Gasteiger partial charge in [0.05, 0.1) is 15.7 Å². The van der Waals surface area contributed by atoms with Gasteiger partial charge in [-0.1, -0.05) is 11.6 Å². The van der Waals surface area contributed by atoms with Gasteiger partial charge in [-0.05, 0) is 25.1 Å². The highest BCUT2D eigenvalue weighted by Gasteiger charge is 2.24. The molecule has 4 nitrogen and oxygen atoms in total. The Kier molecular flexibility index (Phi) is 4.54. The fourth-order valence-corrected chi connectivity index (χ4v) is 2.80. The van der Waals surface area contributed by atoms with Gasteiger partial charge >= 0.3 is 0 Å². The first-order chi connectivity index (χ1) is 7.84. The molecule has 6 heteroatoms. The molecule has 2 unspecified atom stereocenters. The van der Waals surface area contributed by atoms with Gasteiger partial charge in [0, 0.05) is 24.8 Å². The summed E-state index contributed by atoms with van der Waals surface area (Å²) in [5.41, 5.74) is 6.08. The highest BCUT2D eigenvalue weighted by Crippen LogP contribution is 2.23. The van der Waals surface area contributed by atoms with Crippen molar-refractivity contribution in [2.75, 3.05) is 19.8 Å². The number of nitrogens with zero attached hydrogens (tertiary/aromatic N) is 1. The number of benzene rings is 1. The lowest BCUT2D eigenvalue weighted by Crippen LogP contribution is -2.34. The van der Waals surface area contributed by atoms with E-state index < -0.39 is 16.0 Å². The van der Waals surface area contributed by atoms with Gasteiger partial charge in [0.15, 0.2) is 0 Å². The van der Waals surface area contributed by atoms with Gasteiger partial charge in [-0.3, -0.25) is 9.00 Å². The summed E-state index contributed by atoms with van der Waals surface area (Å²) in [6.07, 6.45) is 0. The van der Waals surface area contributed by atoms with Crippen LogP contribution in [-0.2, 0) is 15.6 Å². The smallest absolute Gasteiger partial charge is 0.237 e. The second kappa shape index (κ2) is 5.51. The van der Waals surface area contributed by atoms with Crippen LogP contribution < -0.4 is 5.73 Å². The highest BCUT2D eigenvalue weighted by molar-refractivity contribution is 7.86. The first-order valence-corrected chi connectivity index (χ1v) is 6.60. The van der Waals surface area contributed by atoms with Gasteiger partial charge in [0.1, 0.15) is 5.25 Å². The van der Waals surface area contributed by atoms with Crippen LogP contribution in [0.4, 0.5) is 5.69 Å². The van der Waals surface area contributed by atoms with E-state index in [1.54, 1.807) is 33.2 Å². The predicted octanol–water partition coefficient (Wildman–Crippen LogP) is 1.51. The summed E-state index contributed by atoms with van der Waals surface area (Å²) in [6, 6.07) is 4.73. The van der Waals surface area contributed by atoms with Crippen LogP contribution in [0.25, 0.3) is 0 Å². The van der Waals surface area contributed by atoms with Crippen LogP contribution in [0.15, 0.2) is 23.1 Å². The quantitative estimate of drug-likeness (QED) is 0.850. The summed E-state index contributed by atoms with van der Waals surface area (Å²) in [5, 5.41) is -0.150. The molecule has 2 atom stereocenters. The number of amides is 1. The number of carbonyl (C=O) groups excluding carboxylic acids is 1. The van der Waals surface area contributed by atoms with Crippen LogP contribution in [0.5, 0.6) is 0 Å². The first kappa shape index (κ1) is 14.0. The molecule has 0 aliphatic heterocycles. The van der Waals surface area contributed by atoms with Gasteiger partial charge in [-0.25, -0.2) is 0 Å². The normalized spacial score (nSPS) is 14.1. The third-order valence-corrected chi connectivity index (χ3v) is 4.18. The number of anilines is 1. The summed E-state index contributed by atoms with van der Waals surface area (Å²) >= 11 is 5.76. The molecule has 1 amide bonds. The van der Waals surface area contributed by atoms with Gasteiger partial charge in [0.25, 0.3) is 0 Å². The number of halogens is 1. The van der Waals surface area contributed by atoms with Gasteiger partial charge in [0.2, 0.25) is 5.91 Å². The van der Waals surface area contributed by atoms with Crippen LogP contribution in [0.3, 0.4) is 0 Å². The van der Waals surface area contributed by atoms with Crippen molar-refractivity contribution in [1.29, 1.82) is 0 Å². The van der Waals surface area contributed by atoms with Crippen LogP contribution in [0, 0.1) is 0 Å². The van der Waals surface area contributed by atoms with Gasteiger partial charge in [-0.2, -0.15) is 0 Å². The molecule has 0 aliphatic carbocycles. The molecule has 1 aromatic carbocycles. The number of carbonyl (C=O) groups is 1. The molecule has 0 aliphatic rings. The number of nitrogens with two attached hydrogens (primary N) is 1. The highest BCUT2D eigenvalue weighted by atomic mass is 35.5. The van der Waals surface area contributed by atoms with Crippen molar-refractivity contribution in [3.8, 4) is 0 Å². The molecule has 0 bridgehead atoms. The summed E-state index contributed by atoms with van der Waals surface area (Å²) in [7, 11) is 1.78. The Bertz CT molecular complexity index is 463. The molecule has 1 aromatic rings. The zero-order valence-corrected chi connectivity index (χ0v) is 11.5. The molecule has 0 spiro atoms. The standard InChI is InChI=1S/C11H15ClN2O2S/c1-7(11(15)14(2)3)17(16)10-5-4-8(12)6-9(10)13/h4-7H,13H2,1-3H3. The van der Waals surface area contributed by atoms with Gasteiger partial charge < -0.3 is 10.6 Å². The summed E-state index contributed by atoms with van der Waals surface area (Å²) in [4.78, 5) is 13.6. The van der Waals surface area contributed by atoms with Gasteiger partial charge in [-0.15, -0.1) is 0 Å². The lowest BCUT2D eigenvalue weighted by Gasteiger charge is -2.17. The molecular weight excluding hydrogens is 260 g/mol. The fraction of sp³-hybridized carbons (Fsp3) is 0.364. The van der Waals surface area contributed by atoms with Crippen molar-refractivity contribution < 1.29 is 9.00 Å². The van der Waals surface area contributed by atoms with Crippen molar-refractivity contribution in [3.63, 3.8) is 0 Å². The lowest BCUT2D eigenvalue weighted by atomic mass is 10.3. The maximum absolute atomic E-state index is 12.2. The number of rotatable bonds is 3. The molecule has 2 N–H and O–H groups in total. The average Bonchev–Trinajstić information content (AvgIpc) is 2.26. The Morgan fingerprint density at radius 2 is 2.06 bits per heavy atom. The molecule has 17 heavy (non-hydrogen) atoms. The molecular formula is C11H15ClN2O2S. The topological polar surface area (TPSA) is 63.4 Å². The van der Waals surface area contributed by atoms with Crippen molar-refractivity contribution >= 4 is 34.0 Å². The van der Waals surface area contributed by atoms with Crippen LogP contribution in [0.1, 0.15) is 6.92 Å². The molecule has 1 rings (SSSR count). The first-order valence-electron chi connectivity index (χ1n) is 5.01. The van der Waals surface area contributed by atoms with Crippen molar-refractivity contribution in [3.05, 3.63) is 23.2 Å². The van der Waals surface area contributed by atoms with Crippen LogP contribution in [-0.4, -0.2) is 34.4 Å². The monoisotopic (exact) mass is 274 g/mol. The Morgan fingerprint density at radius 3 is 2.53 bits per heavy atom. The summed E-state index contributed by atoms with van der Waals surface area (Å²) < 4.78 is 12.2. The second-order valence-corrected chi connectivity index (χ2v) is 6.03. The van der Waals surface area contributed by atoms with E-state index in [2.05, 4.69) is 0 Å². The maximum Gasteiger partial charge on any atom is 0.237 e. The van der Waals surface area contributed by atoms with E-state index in [1.165, 1.54) is 11.0 Å². The minimum atomic E-state index is -1.47. The van der Waals surface area contributed by atoms with Crippen molar-refractivity contribution in [1.82, 2.24) is 4.90 Å². The SMILES string of the molecule is CC(C(=O)N(C)C)S(=O)c1ccc(Cl)cc1N. The largest absolute Gasteiger partial charge is 0.398 e. The number of nitrogen functional groups attached to an aromatic ring is 1. The summed E-state index contributed by atoms with van der Waals surface area (Å²) in [6.45, 7) is 1.62. The van der Waals surface area contributed by atoms with E-state index in [4.69, 9.17) is 17.3 Å². The average molecular weight is 275 g/mol. The number of hydrogen-bond donors (Lipinski definition) is 1. The Morgan fingerprint density at radius 1 is 1.47 bits per heavy atom. The Labute approximate surface area is 108 Å². The van der Waals surface area contributed by atoms with E-state index >= 15 is 0 Å². The van der Waals surface area contributed by atoms with Crippen molar-refractivity contribution in [2.24, 2.45) is 0 Å². The zero-order chi connectivity index (χ0) is 13.2. The van der Waals surface area contributed by atoms with E-state index in [0.717, 1.165) is 0 Å². The van der Waals surface area contributed by atoms with Crippen molar-refractivity contribution in [2.45, 2.75) is 17.1 Å². The van der Waals surface area contributed by atoms with E-state index in [-0.39, 0.29) is 5.91 Å². The third-order valence-electron chi connectivity index (χ3n) is 2.30. The molecule has 0 saturated carbocycles.